The van der Waals surface area contributed by atoms with Crippen molar-refractivity contribution < 1.29 is 14.6 Å². The number of ether oxygens (including phenoxy) is 1. The van der Waals surface area contributed by atoms with Gasteiger partial charge in [-0.1, -0.05) is 24.3 Å². The summed E-state index contributed by atoms with van der Waals surface area (Å²) in [6, 6.07) is 9.22. The zero-order chi connectivity index (χ0) is 15.0. The first-order valence-electron chi connectivity index (χ1n) is 6.72. The molecule has 1 aromatic heterocycles. The van der Waals surface area contributed by atoms with E-state index in [0.717, 1.165) is 24.0 Å². The van der Waals surface area contributed by atoms with Crippen molar-refractivity contribution in [3.63, 3.8) is 0 Å². The summed E-state index contributed by atoms with van der Waals surface area (Å²) in [6.07, 6.45) is 2.64. The van der Waals surface area contributed by atoms with Crippen molar-refractivity contribution >= 4 is 5.97 Å². The molecule has 1 aliphatic rings. The predicted octanol–water partition coefficient (Wildman–Crippen LogP) is 2.30. The first kappa shape index (κ1) is 13.6. The Labute approximate surface area is 121 Å². The molecule has 0 saturated carbocycles. The Morgan fingerprint density at radius 1 is 1.38 bits per heavy atom. The maximum Gasteiger partial charge on any atom is 0.341 e. The molecule has 0 aliphatic carbocycles. The number of methoxy groups -OCH3 is 1. The zero-order valence-electron chi connectivity index (χ0n) is 11.6. The molecule has 21 heavy (non-hydrogen) atoms. The van der Waals surface area contributed by atoms with E-state index in [-0.39, 0.29) is 11.8 Å². The highest BCUT2D eigenvalue weighted by Gasteiger charge is 2.23. The molecule has 108 valence electrons. The molecular weight excluding hydrogens is 270 g/mol. The molecule has 1 unspecified atom stereocenters. The fourth-order valence-electron chi connectivity index (χ4n) is 2.80. The minimum Gasteiger partial charge on any atom is -0.477 e. The van der Waals surface area contributed by atoms with Crippen LogP contribution in [0.25, 0.3) is 11.3 Å². The van der Waals surface area contributed by atoms with Crippen LogP contribution in [0, 0.1) is 0 Å². The van der Waals surface area contributed by atoms with Crippen molar-refractivity contribution in [3.8, 4) is 11.3 Å². The molecule has 1 N–H and O–H groups in total. The maximum absolute atomic E-state index is 12.0. The van der Waals surface area contributed by atoms with Crippen LogP contribution in [-0.2, 0) is 11.2 Å². The van der Waals surface area contributed by atoms with Gasteiger partial charge in [-0.2, -0.15) is 0 Å². The van der Waals surface area contributed by atoms with E-state index in [1.807, 2.05) is 24.3 Å². The third-order valence-corrected chi connectivity index (χ3v) is 3.85. The maximum atomic E-state index is 12.0. The Kier molecular flexibility index (Phi) is 3.35. The van der Waals surface area contributed by atoms with Gasteiger partial charge in [0.2, 0.25) is 0 Å². The van der Waals surface area contributed by atoms with Gasteiger partial charge < -0.3 is 14.4 Å². The molecule has 0 amide bonds. The van der Waals surface area contributed by atoms with Crippen LogP contribution in [0.15, 0.2) is 41.3 Å². The number of pyridine rings is 1. The van der Waals surface area contributed by atoms with Gasteiger partial charge in [0.05, 0.1) is 5.69 Å². The Bertz CT molecular complexity index is 763. The first-order valence-corrected chi connectivity index (χ1v) is 6.72. The van der Waals surface area contributed by atoms with Crippen LogP contribution in [0.1, 0.15) is 28.6 Å². The molecule has 1 aromatic carbocycles. The summed E-state index contributed by atoms with van der Waals surface area (Å²) in [5.41, 5.74) is 2.06. The molecule has 0 fully saturated rings. The molecule has 0 bridgehead atoms. The summed E-state index contributed by atoms with van der Waals surface area (Å²) in [5.74, 6) is -1.22. The van der Waals surface area contributed by atoms with E-state index in [4.69, 9.17) is 9.84 Å². The number of nitrogens with zero attached hydrogens (tertiary/aromatic N) is 1. The molecule has 2 aromatic rings. The van der Waals surface area contributed by atoms with Crippen LogP contribution in [-0.4, -0.2) is 22.8 Å². The van der Waals surface area contributed by atoms with Crippen molar-refractivity contribution in [2.45, 2.75) is 19.1 Å². The van der Waals surface area contributed by atoms with Crippen LogP contribution in [0.2, 0.25) is 0 Å². The van der Waals surface area contributed by atoms with Gasteiger partial charge in [-0.25, -0.2) is 4.79 Å². The Balaban J connectivity index is 2.31. The van der Waals surface area contributed by atoms with Crippen molar-refractivity contribution in [1.82, 2.24) is 4.57 Å². The number of aromatic nitrogens is 1. The fraction of sp³-hybridized carbons (Fsp3) is 0.250. The number of carboxylic acid groups (broad SMARTS) is 1. The summed E-state index contributed by atoms with van der Waals surface area (Å²) >= 11 is 0. The van der Waals surface area contributed by atoms with E-state index < -0.39 is 11.4 Å². The molecule has 0 saturated heterocycles. The lowest BCUT2D eigenvalue weighted by Gasteiger charge is -2.20. The lowest BCUT2D eigenvalue weighted by molar-refractivity contribution is 0.0388. The van der Waals surface area contributed by atoms with Gasteiger partial charge in [-0.15, -0.1) is 0 Å². The lowest BCUT2D eigenvalue weighted by Crippen LogP contribution is -2.21. The average molecular weight is 285 g/mol. The number of aryl methyl sites for hydroxylation is 1. The largest absolute Gasteiger partial charge is 0.477 e. The number of carbonyl (C=O) groups is 1. The summed E-state index contributed by atoms with van der Waals surface area (Å²) < 4.78 is 7.22. The lowest BCUT2D eigenvalue weighted by atomic mass is 10.0. The van der Waals surface area contributed by atoms with E-state index >= 15 is 0 Å². The number of fused-ring (bicyclic) bond motifs is 3. The van der Waals surface area contributed by atoms with E-state index in [1.54, 1.807) is 11.7 Å². The van der Waals surface area contributed by atoms with Crippen molar-refractivity contribution in [3.05, 3.63) is 57.9 Å². The van der Waals surface area contributed by atoms with E-state index in [2.05, 4.69) is 0 Å². The smallest absolute Gasteiger partial charge is 0.341 e. The summed E-state index contributed by atoms with van der Waals surface area (Å²) in [4.78, 5) is 23.2. The van der Waals surface area contributed by atoms with Gasteiger partial charge in [0.15, 0.2) is 5.43 Å². The Morgan fingerprint density at radius 2 is 2.14 bits per heavy atom. The Hall–Kier alpha value is -2.40. The van der Waals surface area contributed by atoms with Crippen LogP contribution < -0.4 is 5.43 Å². The van der Waals surface area contributed by atoms with Crippen molar-refractivity contribution in [2.75, 3.05) is 7.11 Å². The first-order chi connectivity index (χ1) is 10.1. The van der Waals surface area contributed by atoms with Crippen molar-refractivity contribution in [2.24, 2.45) is 0 Å². The zero-order valence-corrected chi connectivity index (χ0v) is 11.6. The van der Waals surface area contributed by atoms with E-state index in [1.165, 1.54) is 12.3 Å². The molecule has 0 radical (unpaired) electrons. The minimum absolute atomic E-state index is 0.236. The normalized spacial score (nSPS) is 16.7. The standard InChI is InChI=1S/C16H15NO4/c1-21-15-7-6-10-4-2-3-5-11(10)13-8-14(18)12(16(19)20)9-17(13)15/h2-5,8-9,15H,6-7H2,1H3,(H,19,20). The molecule has 1 aliphatic heterocycles. The van der Waals surface area contributed by atoms with Crippen molar-refractivity contribution in [1.29, 1.82) is 0 Å². The quantitative estimate of drug-likeness (QED) is 0.919. The molecule has 5 heteroatoms. The predicted molar refractivity (Wildman–Crippen MR) is 77.5 cm³/mol. The molecule has 3 rings (SSSR count). The van der Waals surface area contributed by atoms with Gasteiger partial charge in [0.25, 0.3) is 0 Å². The van der Waals surface area contributed by atoms with Gasteiger partial charge in [-0.3, -0.25) is 4.79 Å². The minimum atomic E-state index is -1.22. The highest BCUT2D eigenvalue weighted by molar-refractivity contribution is 5.87. The second kappa shape index (κ2) is 5.18. The van der Waals surface area contributed by atoms with Gasteiger partial charge >= 0.3 is 5.97 Å². The van der Waals surface area contributed by atoms with Crippen LogP contribution in [0.5, 0.6) is 0 Å². The van der Waals surface area contributed by atoms with Crippen LogP contribution in [0.4, 0.5) is 0 Å². The number of aromatic carboxylic acids is 1. The fourth-order valence-corrected chi connectivity index (χ4v) is 2.80. The third-order valence-electron chi connectivity index (χ3n) is 3.85. The second-order valence-corrected chi connectivity index (χ2v) is 5.04. The van der Waals surface area contributed by atoms with Gasteiger partial charge in [0, 0.05) is 24.9 Å². The average Bonchev–Trinajstić information content (AvgIpc) is 2.63. The summed E-state index contributed by atoms with van der Waals surface area (Å²) in [6.45, 7) is 0. The number of hydrogen-bond acceptors (Lipinski definition) is 3. The number of carboxylic acids is 1. The number of benzene rings is 1. The van der Waals surface area contributed by atoms with E-state index in [0.29, 0.717) is 5.69 Å². The van der Waals surface area contributed by atoms with Gasteiger partial charge in [-0.05, 0) is 18.4 Å². The molecule has 5 nitrogen and oxygen atoms in total. The number of rotatable bonds is 2. The molecule has 2 heterocycles. The van der Waals surface area contributed by atoms with Crippen LogP contribution in [0.3, 0.4) is 0 Å². The third kappa shape index (κ3) is 2.25. The monoisotopic (exact) mass is 285 g/mol. The Morgan fingerprint density at radius 3 is 2.86 bits per heavy atom. The number of hydrogen-bond donors (Lipinski definition) is 1. The van der Waals surface area contributed by atoms with Crippen LogP contribution >= 0.6 is 0 Å². The van der Waals surface area contributed by atoms with E-state index in [9.17, 15) is 9.59 Å². The highest BCUT2D eigenvalue weighted by atomic mass is 16.5. The summed E-state index contributed by atoms with van der Waals surface area (Å²) in [7, 11) is 1.59. The topological polar surface area (TPSA) is 68.5 Å². The second-order valence-electron chi connectivity index (χ2n) is 5.04. The summed E-state index contributed by atoms with van der Waals surface area (Å²) in [5, 5.41) is 9.14. The SMILES string of the molecule is COC1CCc2ccccc2-c2cc(=O)c(C(=O)O)cn21. The molecule has 0 spiro atoms. The van der Waals surface area contributed by atoms with Gasteiger partial charge in [0.1, 0.15) is 11.8 Å². The molecular formula is C16H15NO4. The molecule has 1 atom stereocenters. The highest BCUT2D eigenvalue weighted by Crippen LogP contribution is 2.32.